The first-order valence-corrected chi connectivity index (χ1v) is 9.41. The second-order valence-corrected chi connectivity index (χ2v) is 7.58. The van der Waals surface area contributed by atoms with Crippen LogP contribution in [0.3, 0.4) is 0 Å². The third-order valence-corrected chi connectivity index (χ3v) is 5.16. The molecule has 0 radical (unpaired) electrons. The second-order valence-electron chi connectivity index (χ2n) is 5.66. The number of hydrogen-bond donors (Lipinski definition) is 1. The summed E-state index contributed by atoms with van der Waals surface area (Å²) in [5.74, 6) is -5.35. The summed E-state index contributed by atoms with van der Waals surface area (Å²) in [6.07, 6.45) is 0. The van der Waals surface area contributed by atoms with Gasteiger partial charge in [-0.15, -0.1) is 0 Å². The van der Waals surface area contributed by atoms with Gasteiger partial charge in [-0.05, 0) is 37.3 Å². The van der Waals surface area contributed by atoms with Gasteiger partial charge in [-0.3, -0.25) is 14.9 Å². The molecule has 0 fully saturated rings. The normalized spacial score (nSPS) is 11.2. The molecule has 12 heteroatoms. The minimum Gasteiger partial charge on any atom is -0.452 e. The Hall–Kier alpha value is -3.41. The van der Waals surface area contributed by atoms with Crippen LogP contribution in [0.2, 0.25) is 0 Å². The molecule has 2 rings (SSSR count). The Morgan fingerprint density at radius 2 is 1.79 bits per heavy atom. The minimum atomic E-state index is -4.79. The van der Waals surface area contributed by atoms with Gasteiger partial charge >= 0.3 is 11.7 Å². The zero-order valence-electron chi connectivity index (χ0n) is 14.8. The number of nitro benzene ring substituents is 1. The topological polar surface area (TPSA) is 133 Å². The largest absolute Gasteiger partial charge is 0.452 e. The Kier molecular flexibility index (Phi) is 6.59. The molecule has 0 spiro atoms. The summed E-state index contributed by atoms with van der Waals surface area (Å²) in [6.45, 7) is 0.715. The third-order valence-electron chi connectivity index (χ3n) is 3.76. The van der Waals surface area contributed by atoms with Crippen molar-refractivity contribution < 1.29 is 36.4 Å². The van der Waals surface area contributed by atoms with Gasteiger partial charge in [-0.2, -0.15) is 8.78 Å². The Morgan fingerprint density at radius 1 is 1.17 bits per heavy atom. The monoisotopic (exact) mass is 428 g/mol. The van der Waals surface area contributed by atoms with Crippen molar-refractivity contribution in [3.05, 3.63) is 63.7 Å². The van der Waals surface area contributed by atoms with E-state index in [-0.39, 0.29) is 22.5 Å². The van der Waals surface area contributed by atoms with Crippen molar-refractivity contribution in [3.8, 4) is 0 Å². The van der Waals surface area contributed by atoms with Gasteiger partial charge in [-0.1, -0.05) is 6.07 Å². The van der Waals surface area contributed by atoms with Crippen LogP contribution >= 0.6 is 0 Å². The number of alkyl halides is 2. The number of ether oxygens (including phenoxy) is 1. The summed E-state index contributed by atoms with van der Waals surface area (Å²) in [5, 5.41) is 13.3. The van der Waals surface area contributed by atoms with Gasteiger partial charge in [0.15, 0.2) is 6.61 Å². The van der Waals surface area contributed by atoms with Crippen molar-refractivity contribution in [2.45, 2.75) is 17.6 Å². The lowest BCUT2D eigenvalue weighted by Crippen LogP contribution is -2.21. The average molecular weight is 428 g/mol. The lowest BCUT2D eigenvalue weighted by Gasteiger charge is -2.09. The molecule has 9 nitrogen and oxygen atoms in total. The molecular weight excluding hydrogens is 414 g/mol. The first-order valence-electron chi connectivity index (χ1n) is 7.87. The van der Waals surface area contributed by atoms with Gasteiger partial charge in [0.25, 0.3) is 11.6 Å². The van der Waals surface area contributed by atoms with Crippen LogP contribution < -0.4 is 5.32 Å². The van der Waals surface area contributed by atoms with E-state index in [0.29, 0.717) is 0 Å². The van der Waals surface area contributed by atoms with Crippen LogP contribution in [0, 0.1) is 17.0 Å². The Labute approximate surface area is 163 Å². The van der Waals surface area contributed by atoms with E-state index < -0.39 is 43.9 Å². The maximum absolute atomic E-state index is 12.5. The van der Waals surface area contributed by atoms with E-state index in [1.54, 1.807) is 0 Å². The highest BCUT2D eigenvalue weighted by Gasteiger charge is 2.26. The van der Waals surface area contributed by atoms with Gasteiger partial charge < -0.3 is 10.1 Å². The lowest BCUT2D eigenvalue weighted by atomic mass is 10.1. The molecule has 0 aromatic heterocycles. The minimum absolute atomic E-state index is 0.155. The van der Waals surface area contributed by atoms with E-state index in [0.717, 1.165) is 24.3 Å². The van der Waals surface area contributed by atoms with Gasteiger partial charge in [0.1, 0.15) is 0 Å². The molecule has 154 valence electrons. The molecule has 0 saturated heterocycles. The van der Waals surface area contributed by atoms with Crippen molar-refractivity contribution in [2.24, 2.45) is 0 Å². The Balaban J connectivity index is 2.00. The van der Waals surface area contributed by atoms with E-state index in [1.165, 1.54) is 25.1 Å². The SMILES string of the molecule is Cc1c(NC(=O)COC(=O)c2ccc(S(=O)(=O)C(F)F)cc2)cccc1[N+](=O)[O-]. The van der Waals surface area contributed by atoms with Crippen molar-refractivity contribution in [1.82, 2.24) is 0 Å². The summed E-state index contributed by atoms with van der Waals surface area (Å²) in [7, 11) is -4.79. The summed E-state index contributed by atoms with van der Waals surface area (Å²) < 4.78 is 52.4. The molecule has 2 aromatic carbocycles. The van der Waals surface area contributed by atoms with Crippen LogP contribution in [0.5, 0.6) is 0 Å². The summed E-state index contributed by atoms with van der Waals surface area (Å²) >= 11 is 0. The third kappa shape index (κ3) is 5.10. The van der Waals surface area contributed by atoms with E-state index in [9.17, 15) is 36.9 Å². The van der Waals surface area contributed by atoms with Crippen LogP contribution in [0.1, 0.15) is 15.9 Å². The molecule has 1 amide bonds. The fourth-order valence-corrected chi connectivity index (χ4v) is 2.96. The molecule has 0 bridgehead atoms. The predicted octanol–water partition coefficient (Wildman–Crippen LogP) is 2.70. The number of amides is 1. The highest BCUT2D eigenvalue weighted by atomic mass is 32.2. The quantitative estimate of drug-likeness (QED) is 0.407. The number of nitrogens with zero attached hydrogens (tertiary/aromatic N) is 1. The molecule has 29 heavy (non-hydrogen) atoms. The van der Waals surface area contributed by atoms with E-state index >= 15 is 0 Å². The molecule has 0 atom stereocenters. The van der Waals surface area contributed by atoms with Crippen molar-refractivity contribution in [1.29, 1.82) is 0 Å². The fourth-order valence-electron chi connectivity index (χ4n) is 2.24. The molecule has 2 aromatic rings. The number of carbonyl (C=O) groups is 2. The van der Waals surface area contributed by atoms with E-state index in [1.807, 2.05) is 0 Å². The molecule has 0 saturated carbocycles. The molecular formula is C17H14F2N2O7S. The Morgan fingerprint density at radius 3 is 2.34 bits per heavy atom. The van der Waals surface area contributed by atoms with Crippen LogP contribution in [0.15, 0.2) is 47.4 Å². The maximum Gasteiger partial charge on any atom is 0.341 e. The number of nitro groups is 1. The van der Waals surface area contributed by atoms with Gasteiger partial charge in [0, 0.05) is 6.07 Å². The summed E-state index contributed by atoms with van der Waals surface area (Å²) in [4.78, 5) is 33.5. The molecule has 0 aliphatic heterocycles. The zero-order valence-corrected chi connectivity index (χ0v) is 15.6. The van der Waals surface area contributed by atoms with Gasteiger partial charge in [0.2, 0.25) is 9.84 Å². The van der Waals surface area contributed by atoms with Crippen LogP contribution in [0.25, 0.3) is 0 Å². The van der Waals surface area contributed by atoms with Crippen LogP contribution in [-0.4, -0.2) is 37.6 Å². The van der Waals surface area contributed by atoms with Crippen LogP contribution in [-0.2, 0) is 19.4 Å². The number of hydrogen-bond acceptors (Lipinski definition) is 7. The van der Waals surface area contributed by atoms with E-state index in [4.69, 9.17) is 4.74 Å². The van der Waals surface area contributed by atoms with Crippen molar-refractivity contribution in [3.63, 3.8) is 0 Å². The van der Waals surface area contributed by atoms with Gasteiger partial charge in [-0.25, -0.2) is 13.2 Å². The molecule has 1 N–H and O–H groups in total. The van der Waals surface area contributed by atoms with Crippen LogP contribution in [0.4, 0.5) is 20.2 Å². The fraction of sp³-hybridized carbons (Fsp3) is 0.176. The van der Waals surface area contributed by atoms with E-state index in [2.05, 4.69) is 5.32 Å². The zero-order chi connectivity index (χ0) is 21.8. The molecule has 0 aliphatic rings. The van der Waals surface area contributed by atoms with Crippen molar-refractivity contribution in [2.75, 3.05) is 11.9 Å². The molecule has 0 aliphatic carbocycles. The summed E-state index contributed by atoms with van der Waals surface area (Å²) in [6, 6.07) is 7.67. The number of halogens is 2. The number of anilines is 1. The smallest absolute Gasteiger partial charge is 0.341 e. The number of rotatable bonds is 7. The highest BCUT2D eigenvalue weighted by molar-refractivity contribution is 7.91. The molecule has 0 unspecified atom stereocenters. The standard InChI is InChI=1S/C17H14F2N2O7S/c1-10-13(3-2-4-14(10)21(24)25)20-15(22)9-28-16(23)11-5-7-12(8-6-11)29(26,27)17(18)19/h2-8,17H,9H2,1H3,(H,20,22). The van der Waals surface area contributed by atoms with Crippen molar-refractivity contribution >= 4 is 33.1 Å². The number of esters is 1. The number of nitrogens with one attached hydrogen (secondary N) is 1. The second kappa shape index (κ2) is 8.73. The highest BCUT2D eigenvalue weighted by Crippen LogP contribution is 2.25. The number of sulfone groups is 1. The van der Waals surface area contributed by atoms with Gasteiger partial charge in [0.05, 0.1) is 26.6 Å². The average Bonchev–Trinajstić information content (AvgIpc) is 2.67. The Bertz CT molecular complexity index is 1050. The first-order chi connectivity index (χ1) is 13.5. The first kappa shape index (κ1) is 21.9. The number of benzene rings is 2. The predicted molar refractivity (Wildman–Crippen MR) is 96.4 cm³/mol. The summed E-state index contributed by atoms with van der Waals surface area (Å²) in [5.41, 5.74) is 0.0333. The lowest BCUT2D eigenvalue weighted by molar-refractivity contribution is -0.385. The number of carbonyl (C=O) groups excluding carboxylic acids is 2. The molecule has 0 heterocycles. The maximum atomic E-state index is 12.5.